The largest absolute Gasteiger partial charge is 0.355 e. The molecule has 2 nitrogen and oxygen atoms in total. The molecule has 1 aromatic carbocycles. The van der Waals surface area contributed by atoms with Crippen LogP contribution in [0.15, 0.2) is 28.7 Å². The number of hydrogen-bond acceptors (Lipinski definition) is 1. The van der Waals surface area contributed by atoms with Crippen molar-refractivity contribution in [2.75, 3.05) is 7.05 Å². The molecule has 0 spiro atoms. The van der Waals surface area contributed by atoms with Gasteiger partial charge in [0.25, 0.3) is 5.91 Å². The third-order valence-electron chi connectivity index (χ3n) is 1.33. The summed E-state index contributed by atoms with van der Waals surface area (Å²) in [5, 5.41) is 2.55. The first-order chi connectivity index (χ1) is 6.24. The SMILES string of the molecule is CC.CNC(=O)c1ccc(Br)cc1. The second kappa shape index (κ2) is 6.66. The Morgan fingerprint density at radius 1 is 1.23 bits per heavy atom. The molecule has 0 atom stereocenters. The quantitative estimate of drug-likeness (QED) is 0.808. The number of nitrogens with one attached hydrogen (secondary N) is 1. The Hall–Kier alpha value is -0.830. The van der Waals surface area contributed by atoms with E-state index >= 15 is 0 Å². The highest BCUT2D eigenvalue weighted by atomic mass is 79.9. The van der Waals surface area contributed by atoms with E-state index in [1.165, 1.54) is 0 Å². The van der Waals surface area contributed by atoms with Crippen LogP contribution in [-0.4, -0.2) is 13.0 Å². The Kier molecular flexibility index (Phi) is 6.24. The molecule has 0 aliphatic carbocycles. The number of benzene rings is 1. The molecule has 0 saturated heterocycles. The minimum atomic E-state index is -0.0579. The lowest BCUT2D eigenvalue weighted by atomic mass is 10.2. The summed E-state index contributed by atoms with van der Waals surface area (Å²) in [6.07, 6.45) is 0. The normalized spacial score (nSPS) is 8.31. The Labute approximate surface area is 87.5 Å². The zero-order valence-electron chi connectivity index (χ0n) is 8.10. The van der Waals surface area contributed by atoms with E-state index < -0.39 is 0 Å². The van der Waals surface area contributed by atoms with E-state index in [9.17, 15) is 4.79 Å². The topological polar surface area (TPSA) is 29.1 Å². The highest BCUT2D eigenvalue weighted by molar-refractivity contribution is 9.10. The van der Waals surface area contributed by atoms with Crippen LogP contribution in [0, 0.1) is 0 Å². The fourth-order valence-electron chi connectivity index (χ4n) is 0.746. The van der Waals surface area contributed by atoms with Gasteiger partial charge in [-0.15, -0.1) is 0 Å². The van der Waals surface area contributed by atoms with E-state index in [1.54, 1.807) is 19.2 Å². The average molecular weight is 244 g/mol. The van der Waals surface area contributed by atoms with Crippen LogP contribution in [0.3, 0.4) is 0 Å². The van der Waals surface area contributed by atoms with Crippen LogP contribution >= 0.6 is 15.9 Å². The van der Waals surface area contributed by atoms with Gasteiger partial charge >= 0.3 is 0 Å². The van der Waals surface area contributed by atoms with Crippen molar-refractivity contribution in [2.24, 2.45) is 0 Å². The summed E-state index contributed by atoms with van der Waals surface area (Å²) in [7, 11) is 1.62. The molecule has 0 unspecified atom stereocenters. The van der Waals surface area contributed by atoms with Crippen molar-refractivity contribution in [1.29, 1.82) is 0 Å². The molecular weight excluding hydrogens is 230 g/mol. The number of halogens is 1. The van der Waals surface area contributed by atoms with E-state index in [-0.39, 0.29) is 5.91 Å². The summed E-state index contributed by atoms with van der Waals surface area (Å²) in [4.78, 5) is 11.0. The molecule has 0 saturated carbocycles. The van der Waals surface area contributed by atoms with Gasteiger partial charge in [-0.3, -0.25) is 4.79 Å². The van der Waals surface area contributed by atoms with E-state index in [1.807, 2.05) is 26.0 Å². The zero-order chi connectivity index (χ0) is 10.3. The van der Waals surface area contributed by atoms with Crippen LogP contribution in [-0.2, 0) is 0 Å². The lowest BCUT2D eigenvalue weighted by Gasteiger charge is -1.97. The summed E-state index contributed by atoms with van der Waals surface area (Å²) in [5.41, 5.74) is 0.677. The maximum Gasteiger partial charge on any atom is 0.251 e. The molecule has 72 valence electrons. The van der Waals surface area contributed by atoms with Crippen molar-refractivity contribution in [2.45, 2.75) is 13.8 Å². The smallest absolute Gasteiger partial charge is 0.251 e. The summed E-state index contributed by atoms with van der Waals surface area (Å²) < 4.78 is 0.977. The van der Waals surface area contributed by atoms with Crippen LogP contribution < -0.4 is 5.32 Å². The molecule has 0 radical (unpaired) electrons. The van der Waals surface area contributed by atoms with Gasteiger partial charge in [0.05, 0.1) is 0 Å². The molecule has 3 heteroatoms. The van der Waals surface area contributed by atoms with Crippen LogP contribution in [0.25, 0.3) is 0 Å². The summed E-state index contributed by atoms with van der Waals surface area (Å²) in [5.74, 6) is -0.0579. The predicted molar refractivity (Wildman–Crippen MR) is 58.9 cm³/mol. The molecule has 0 aliphatic rings. The fraction of sp³-hybridized carbons (Fsp3) is 0.300. The first-order valence-corrected chi connectivity index (χ1v) is 5.01. The predicted octanol–water partition coefficient (Wildman–Crippen LogP) is 2.83. The lowest BCUT2D eigenvalue weighted by Crippen LogP contribution is -2.17. The van der Waals surface area contributed by atoms with Crippen LogP contribution in [0.1, 0.15) is 24.2 Å². The lowest BCUT2D eigenvalue weighted by molar-refractivity contribution is 0.0963. The Balaban J connectivity index is 0.000000671. The average Bonchev–Trinajstić information content (AvgIpc) is 2.21. The monoisotopic (exact) mass is 243 g/mol. The Bertz CT molecular complexity index is 256. The third-order valence-corrected chi connectivity index (χ3v) is 1.86. The molecule has 0 heterocycles. The fourth-order valence-corrected chi connectivity index (χ4v) is 1.01. The van der Waals surface area contributed by atoms with Gasteiger partial charge < -0.3 is 5.32 Å². The molecule has 0 fully saturated rings. The first kappa shape index (κ1) is 12.2. The van der Waals surface area contributed by atoms with Gasteiger partial charge in [0.15, 0.2) is 0 Å². The van der Waals surface area contributed by atoms with Crippen molar-refractivity contribution < 1.29 is 4.79 Å². The highest BCUT2D eigenvalue weighted by Crippen LogP contribution is 2.09. The van der Waals surface area contributed by atoms with Crippen LogP contribution in [0.4, 0.5) is 0 Å². The summed E-state index contributed by atoms with van der Waals surface area (Å²) in [6, 6.07) is 7.21. The Morgan fingerprint density at radius 2 is 1.69 bits per heavy atom. The second-order valence-corrected chi connectivity index (χ2v) is 3.00. The van der Waals surface area contributed by atoms with Gasteiger partial charge in [-0.2, -0.15) is 0 Å². The number of carbonyl (C=O) groups excluding carboxylic acids is 1. The molecular formula is C10H14BrNO. The van der Waals surface area contributed by atoms with Gasteiger partial charge in [-0.25, -0.2) is 0 Å². The molecule has 13 heavy (non-hydrogen) atoms. The van der Waals surface area contributed by atoms with Crippen molar-refractivity contribution >= 4 is 21.8 Å². The molecule has 1 N–H and O–H groups in total. The van der Waals surface area contributed by atoms with Crippen molar-refractivity contribution in [3.8, 4) is 0 Å². The van der Waals surface area contributed by atoms with Gasteiger partial charge in [0, 0.05) is 17.1 Å². The molecule has 0 bridgehead atoms. The van der Waals surface area contributed by atoms with E-state index in [4.69, 9.17) is 0 Å². The maximum absolute atomic E-state index is 11.0. The maximum atomic E-state index is 11.0. The zero-order valence-corrected chi connectivity index (χ0v) is 9.68. The van der Waals surface area contributed by atoms with Gasteiger partial charge in [0.1, 0.15) is 0 Å². The van der Waals surface area contributed by atoms with Gasteiger partial charge in [-0.1, -0.05) is 29.8 Å². The first-order valence-electron chi connectivity index (χ1n) is 4.21. The van der Waals surface area contributed by atoms with Gasteiger partial charge in [0.2, 0.25) is 0 Å². The minimum Gasteiger partial charge on any atom is -0.355 e. The molecule has 0 aromatic heterocycles. The molecule has 1 aromatic rings. The molecule has 1 rings (SSSR count). The highest BCUT2D eigenvalue weighted by Gasteiger charge is 1.99. The van der Waals surface area contributed by atoms with Gasteiger partial charge in [-0.05, 0) is 24.3 Å². The van der Waals surface area contributed by atoms with Crippen molar-refractivity contribution in [3.63, 3.8) is 0 Å². The summed E-state index contributed by atoms with van der Waals surface area (Å²) in [6.45, 7) is 4.00. The van der Waals surface area contributed by atoms with Crippen molar-refractivity contribution in [1.82, 2.24) is 5.32 Å². The van der Waals surface area contributed by atoms with Crippen molar-refractivity contribution in [3.05, 3.63) is 34.3 Å². The summed E-state index contributed by atoms with van der Waals surface area (Å²) >= 11 is 3.28. The molecule has 1 amide bonds. The van der Waals surface area contributed by atoms with E-state index in [0.29, 0.717) is 5.56 Å². The third kappa shape index (κ3) is 4.08. The number of amides is 1. The van der Waals surface area contributed by atoms with E-state index in [2.05, 4.69) is 21.2 Å². The van der Waals surface area contributed by atoms with E-state index in [0.717, 1.165) is 4.47 Å². The number of carbonyl (C=O) groups is 1. The standard InChI is InChI=1S/C8H8BrNO.C2H6/c1-10-8(11)6-2-4-7(9)5-3-6;1-2/h2-5H,1H3,(H,10,11);1-2H3. The second-order valence-electron chi connectivity index (χ2n) is 2.09. The Morgan fingerprint density at radius 3 is 2.08 bits per heavy atom. The van der Waals surface area contributed by atoms with Crippen LogP contribution in [0.2, 0.25) is 0 Å². The van der Waals surface area contributed by atoms with Crippen LogP contribution in [0.5, 0.6) is 0 Å². The number of rotatable bonds is 1. The minimum absolute atomic E-state index is 0.0579. The number of hydrogen-bond donors (Lipinski definition) is 1. The molecule has 0 aliphatic heterocycles.